The molecule has 0 aliphatic carbocycles. The molecule has 2 aromatic carbocycles. The fourth-order valence-electron chi connectivity index (χ4n) is 3.78. The first-order valence-corrected chi connectivity index (χ1v) is 11.5. The molecule has 3 heterocycles. The molecule has 0 atom stereocenters. The summed E-state index contributed by atoms with van der Waals surface area (Å²) in [5, 5.41) is 24.6. The van der Waals surface area contributed by atoms with Gasteiger partial charge in [-0.05, 0) is 44.2 Å². The van der Waals surface area contributed by atoms with E-state index in [0.29, 0.717) is 17.7 Å². The quantitative estimate of drug-likeness (QED) is 0.342. The lowest BCUT2D eigenvalue weighted by Crippen LogP contribution is -2.17. The first-order chi connectivity index (χ1) is 17.5. The van der Waals surface area contributed by atoms with Crippen LogP contribution >= 0.6 is 0 Å². The average Bonchev–Trinajstić information content (AvgIpc) is 3.37. The maximum Gasteiger partial charge on any atom is 0.121 e. The predicted octanol–water partition coefficient (Wildman–Crippen LogP) is 5.07. The van der Waals surface area contributed by atoms with Gasteiger partial charge in [0.15, 0.2) is 0 Å². The minimum atomic E-state index is -0.0397. The number of hydrogen-bond acceptors (Lipinski definition) is 7. The second-order valence-electron chi connectivity index (χ2n) is 8.56. The monoisotopic (exact) mass is 476 g/mol. The van der Waals surface area contributed by atoms with E-state index in [0.717, 1.165) is 28.0 Å². The Morgan fingerprint density at radius 2 is 1.69 bits per heavy atom. The highest BCUT2D eigenvalue weighted by atomic mass is 16.3. The molecule has 178 valence electrons. The molecule has 0 saturated heterocycles. The van der Waals surface area contributed by atoms with Gasteiger partial charge < -0.3 is 15.1 Å². The minimum absolute atomic E-state index is 0.0397. The van der Waals surface area contributed by atoms with Gasteiger partial charge >= 0.3 is 0 Å². The molecule has 5 rings (SSSR count). The molecule has 36 heavy (non-hydrogen) atoms. The third-order valence-corrected chi connectivity index (χ3v) is 5.61. The number of nitrogens with zero attached hydrogens (tertiary/aromatic N) is 6. The maximum absolute atomic E-state index is 10.1. The summed E-state index contributed by atoms with van der Waals surface area (Å²) < 4.78 is 1.88. The summed E-state index contributed by atoms with van der Waals surface area (Å²) in [6.07, 6.45) is 8.88. The highest BCUT2D eigenvalue weighted by molar-refractivity contribution is 5.83. The van der Waals surface area contributed by atoms with Crippen LogP contribution in [0.4, 0.5) is 11.4 Å². The van der Waals surface area contributed by atoms with Crippen LogP contribution in [0.5, 0.6) is 11.5 Å². The van der Waals surface area contributed by atoms with Gasteiger partial charge in [0.1, 0.15) is 11.5 Å². The number of fused-ring (bicyclic) bond motifs is 1. The van der Waals surface area contributed by atoms with E-state index in [-0.39, 0.29) is 17.5 Å². The van der Waals surface area contributed by atoms with E-state index in [2.05, 4.69) is 40.8 Å². The Morgan fingerprint density at radius 1 is 0.917 bits per heavy atom. The van der Waals surface area contributed by atoms with Gasteiger partial charge in [-0.1, -0.05) is 11.8 Å². The molecule has 5 aromatic rings. The van der Waals surface area contributed by atoms with Gasteiger partial charge in [-0.15, -0.1) is 0 Å². The molecule has 0 saturated carbocycles. The summed E-state index contributed by atoms with van der Waals surface area (Å²) in [6.45, 7) is 4.45. The summed E-state index contributed by atoms with van der Waals surface area (Å²) >= 11 is 0. The van der Waals surface area contributed by atoms with E-state index in [1.165, 1.54) is 6.07 Å². The van der Waals surface area contributed by atoms with Crippen LogP contribution in [0.25, 0.3) is 22.3 Å². The van der Waals surface area contributed by atoms with Crippen molar-refractivity contribution in [3.63, 3.8) is 0 Å². The van der Waals surface area contributed by atoms with E-state index in [1.807, 2.05) is 46.1 Å². The van der Waals surface area contributed by atoms with Gasteiger partial charge in [0.25, 0.3) is 0 Å². The van der Waals surface area contributed by atoms with Crippen molar-refractivity contribution in [2.45, 2.75) is 19.9 Å². The lowest BCUT2D eigenvalue weighted by molar-refractivity contribution is 0.451. The van der Waals surface area contributed by atoms with Crippen LogP contribution in [0.3, 0.4) is 0 Å². The van der Waals surface area contributed by atoms with E-state index in [4.69, 9.17) is 4.98 Å². The third-order valence-electron chi connectivity index (χ3n) is 5.61. The van der Waals surface area contributed by atoms with Crippen LogP contribution in [-0.2, 0) is 0 Å². The number of phenolic OH excluding ortho intramolecular Hbond substituents is 2. The zero-order chi connectivity index (χ0) is 25.1. The smallest absolute Gasteiger partial charge is 0.121 e. The number of aromatic hydroxyl groups is 2. The minimum Gasteiger partial charge on any atom is -0.508 e. The van der Waals surface area contributed by atoms with Crippen LogP contribution in [-0.4, -0.2) is 41.5 Å². The zero-order valence-electron chi connectivity index (χ0n) is 19.9. The maximum atomic E-state index is 10.1. The summed E-state index contributed by atoms with van der Waals surface area (Å²) in [7, 11) is 0. The topological polar surface area (TPSA) is 100 Å². The third kappa shape index (κ3) is 4.95. The SMILES string of the molecule is CC(C)n1cc(-c2cnc3ccc(N(CC#Cc4ccncc4)c4cc(O)cc(O)c4)cc3n2)cn1. The lowest BCUT2D eigenvalue weighted by Gasteiger charge is -2.23. The van der Waals surface area contributed by atoms with Gasteiger partial charge in [0.05, 0.1) is 35.7 Å². The molecular weight excluding hydrogens is 452 g/mol. The van der Waals surface area contributed by atoms with Crippen molar-refractivity contribution in [2.75, 3.05) is 11.4 Å². The van der Waals surface area contributed by atoms with Crippen LogP contribution in [0.2, 0.25) is 0 Å². The Morgan fingerprint density at radius 3 is 2.42 bits per heavy atom. The Balaban J connectivity index is 1.54. The van der Waals surface area contributed by atoms with Crippen LogP contribution in [0.15, 0.2) is 79.5 Å². The van der Waals surface area contributed by atoms with Crippen molar-refractivity contribution in [1.29, 1.82) is 0 Å². The Kier molecular flexibility index (Phi) is 6.20. The molecular formula is C28H24N6O2. The number of aromatic nitrogens is 5. The molecule has 2 N–H and O–H groups in total. The fourth-order valence-corrected chi connectivity index (χ4v) is 3.78. The molecule has 0 amide bonds. The number of phenols is 2. The second-order valence-corrected chi connectivity index (χ2v) is 8.56. The number of benzene rings is 2. The van der Waals surface area contributed by atoms with Crippen molar-refractivity contribution >= 4 is 22.4 Å². The molecule has 0 fully saturated rings. The highest BCUT2D eigenvalue weighted by Crippen LogP contribution is 2.33. The van der Waals surface area contributed by atoms with E-state index in [9.17, 15) is 10.2 Å². The average molecular weight is 477 g/mol. The van der Waals surface area contributed by atoms with Crippen molar-refractivity contribution < 1.29 is 10.2 Å². The molecule has 0 aliphatic heterocycles. The van der Waals surface area contributed by atoms with Gasteiger partial charge in [0.2, 0.25) is 0 Å². The first-order valence-electron chi connectivity index (χ1n) is 11.5. The Hall–Kier alpha value is -4.90. The van der Waals surface area contributed by atoms with Crippen LogP contribution in [0.1, 0.15) is 25.5 Å². The molecule has 0 spiro atoms. The number of rotatable bonds is 5. The van der Waals surface area contributed by atoms with Gasteiger partial charge in [0, 0.05) is 65.3 Å². The molecule has 3 aromatic heterocycles. The van der Waals surface area contributed by atoms with E-state index >= 15 is 0 Å². The second kappa shape index (κ2) is 9.76. The normalized spacial score (nSPS) is 10.9. The fraction of sp³-hybridized carbons (Fsp3) is 0.143. The molecule has 0 radical (unpaired) electrons. The van der Waals surface area contributed by atoms with E-state index < -0.39 is 0 Å². The molecule has 8 heteroatoms. The number of anilines is 2. The Labute approximate surface area is 208 Å². The van der Waals surface area contributed by atoms with Gasteiger partial charge in [-0.2, -0.15) is 5.10 Å². The van der Waals surface area contributed by atoms with Crippen molar-refractivity contribution in [3.05, 3.63) is 85.1 Å². The standard InChI is InChI=1S/C28H24N6O2/c1-19(2)34-18-21(16-31-34)28-17-30-26-6-5-22(14-27(26)32-28)33(23-12-24(35)15-25(36)13-23)11-3-4-20-7-9-29-10-8-20/h5-10,12-19,35-36H,11H2,1-2H3. The van der Waals surface area contributed by atoms with Gasteiger partial charge in [-0.3, -0.25) is 14.6 Å². The van der Waals surface area contributed by atoms with Gasteiger partial charge in [-0.25, -0.2) is 4.98 Å². The van der Waals surface area contributed by atoms with E-state index in [1.54, 1.807) is 36.9 Å². The summed E-state index contributed by atoms with van der Waals surface area (Å²) in [5.41, 5.74) is 5.31. The van der Waals surface area contributed by atoms with Crippen molar-refractivity contribution in [1.82, 2.24) is 24.7 Å². The zero-order valence-corrected chi connectivity index (χ0v) is 19.9. The van der Waals surface area contributed by atoms with Crippen molar-refractivity contribution in [2.24, 2.45) is 0 Å². The van der Waals surface area contributed by atoms with Crippen LogP contribution in [0, 0.1) is 11.8 Å². The Bertz CT molecular complexity index is 1560. The van der Waals surface area contributed by atoms with Crippen molar-refractivity contribution in [3.8, 4) is 34.6 Å². The lowest BCUT2D eigenvalue weighted by atomic mass is 10.2. The molecule has 0 bridgehead atoms. The number of pyridine rings is 1. The highest BCUT2D eigenvalue weighted by Gasteiger charge is 2.13. The molecule has 0 unspecified atom stereocenters. The first kappa shape index (κ1) is 22.9. The molecule has 0 aliphatic rings. The molecule has 8 nitrogen and oxygen atoms in total. The predicted molar refractivity (Wildman–Crippen MR) is 139 cm³/mol. The number of hydrogen-bond donors (Lipinski definition) is 2. The van der Waals surface area contributed by atoms with Crippen LogP contribution < -0.4 is 4.90 Å². The summed E-state index contributed by atoms with van der Waals surface area (Å²) in [4.78, 5) is 15.3. The summed E-state index contributed by atoms with van der Waals surface area (Å²) in [6, 6.07) is 14.1. The largest absolute Gasteiger partial charge is 0.508 e. The summed E-state index contributed by atoms with van der Waals surface area (Å²) in [5.74, 6) is 6.22.